The fourth-order valence-corrected chi connectivity index (χ4v) is 1.61. The quantitative estimate of drug-likeness (QED) is 0.818. The first-order valence-corrected chi connectivity index (χ1v) is 5.47. The standard InChI is InChI=1S/C13H17NO3/c1-16-12-6-5-10(9-13(12)17-2)8-11(15)4-3-7-14/h5-6,9,11,15H,3-4,8H2,1-2H3/t11-/m1/s1. The lowest BCUT2D eigenvalue weighted by Crippen LogP contribution is -2.10. The first kappa shape index (κ1) is 13.3. The Morgan fingerprint density at radius 2 is 2.00 bits per heavy atom. The molecule has 1 atom stereocenters. The second-order valence-electron chi connectivity index (χ2n) is 3.74. The van der Waals surface area contributed by atoms with Gasteiger partial charge in [0.05, 0.1) is 26.4 Å². The molecule has 4 heteroatoms. The van der Waals surface area contributed by atoms with Crippen LogP contribution in [0.1, 0.15) is 18.4 Å². The molecule has 0 aliphatic rings. The molecule has 0 fully saturated rings. The van der Waals surface area contributed by atoms with Crippen molar-refractivity contribution in [2.24, 2.45) is 0 Å². The van der Waals surface area contributed by atoms with Gasteiger partial charge in [-0.3, -0.25) is 0 Å². The molecule has 92 valence electrons. The van der Waals surface area contributed by atoms with E-state index in [2.05, 4.69) is 0 Å². The van der Waals surface area contributed by atoms with Gasteiger partial charge in [-0.25, -0.2) is 0 Å². The summed E-state index contributed by atoms with van der Waals surface area (Å²) in [6.45, 7) is 0. The predicted molar refractivity (Wildman–Crippen MR) is 64.1 cm³/mol. The third-order valence-electron chi connectivity index (χ3n) is 2.51. The van der Waals surface area contributed by atoms with Crippen LogP contribution in [0.3, 0.4) is 0 Å². The maximum atomic E-state index is 9.70. The number of nitrogens with zero attached hydrogens (tertiary/aromatic N) is 1. The van der Waals surface area contributed by atoms with E-state index >= 15 is 0 Å². The van der Waals surface area contributed by atoms with Gasteiger partial charge in [-0.2, -0.15) is 5.26 Å². The van der Waals surface area contributed by atoms with Crippen molar-refractivity contribution in [3.05, 3.63) is 23.8 Å². The smallest absolute Gasteiger partial charge is 0.160 e. The van der Waals surface area contributed by atoms with Crippen LogP contribution < -0.4 is 9.47 Å². The lowest BCUT2D eigenvalue weighted by molar-refractivity contribution is 0.166. The molecular formula is C13H17NO3. The zero-order valence-electron chi connectivity index (χ0n) is 10.1. The van der Waals surface area contributed by atoms with E-state index < -0.39 is 6.10 Å². The summed E-state index contributed by atoms with van der Waals surface area (Å²) in [5.41, 5.74) is 0.966. The van der Waals surface area contributed by atoms with Crippen molar-refractivity contribution in [1.82, 2.24) is 0 Å². The molecule has 0 spiro atoms. The van der Waals surface area contributed by atoms with Crippen molar-refractivity contribution in [3.63, 3.8) is 0 Å². The van der Waals surface area contributed by atoms with Gasteiger partial charge in [0, 0.05) is 6.42 Å². The van der Waals surface area contributed by atoms with Crippen LogP contribution >= 0.6 is 0 Å². The van der Waals surface area contributed by atoms with Crippen molar-refractivity contribution in [2.75, 3.05) is 14.2 Å². The molecule has 0 saturated carbocycles. The highest BCUT2D eigenvalue weighted by Gasteiger charge is 2.09. The number of methoxy groups -OCH3 is 2. The molecule has 1 aromatic rings. The first-order valence-electron chi connectivity index (χ1n) is 5.47. The maximum absolute atomic E-state index is 9.70. The van der Waals surface area contributed by atoms with Crippen LogP contribution in [0.2, 0.25) is 0 Å². The van der Waals surface area contributed by atoms with Gasteiger partial charge in [-0.1, -0.05) is 6.07 Å². The van der Waals surface area contributed by atoms with E-state index in [0.717, 1.165) is 5.56 Å². The Morgan fingerprint density at radius 3 is 2.59 bits per heavy atom. The predicted octanol–water partition coefficient (Wildman–Crippen LogP) is 1.91. The van der Waals surface area contributed by atoms with E-state index in [-0.39, 0.29) is 0 Å². The largest absolute Gasteiger partial charge is 0.493 e. The van der Waals surface area contributed by atoms with Crippen molar-refractivity contribution in [3.8, 4) is 17.6 Å². The van der Waals surface area contributed by atoms with Gasteiger partial charge < -0.3 is 14.6 Å². The minimum atomic E-state index is -0.493. The van der Waals surface area contributed by atoms with Crippen LogP contribution in [0.15, 0.2) is 18.2 Å². The highest BCUT2D eigenvalue weighted by molar-refractivity contribution is 5.43. The summed E-state index contributed by atoms with van der Waals surface area (Å²) in [6.07, 6.45) is 0.884. The molecule has 4 nitrogen and oxygen atoms in total. The van der Waals surface area contributed by atoms with E-state index in [4.69, 9.17) is 14.7 Å². The SMILES string of the molecule is COc1ccc(C[C@H](O)CCC#N)cc1OC. The number of benzene rings is 1. The normalized spacial score (nSPS) is 11.6. The molecule has 0 saturated heterocycles. The average Bonchev–Trinajstić information content (AvgIpc) is 2.36. The Morgan fingerprint density at radius 1 is 1.29 bits per heavy atom. The second kappa shape index (κ2) is 6.77. The highest BCUT2D eigenvalue weighted by atomic mass is 16.5. The molecule has 0 radical (unpaired) electrons. The minimum Gasteiger partial charge on any atom is -0.493 e. The Balaban J connectivity index is 2.69. The Labute approximate surface area is 101 Å². The Bertz CT molecular complexity index is 398. The maximum Gasteiger partial charge on any atom is 0.160 e. The van der Waals surface area contributed by atoms with E-state index in [1.807, 2.05) is 24.3 Å². The summed E-state index contributed by atoms with van der Waals surface area (Å²) >= 11 is 0. The van der Waals surface area contributed by atoms with Crippen LogP contribution in [0, 0.1) is 11.3 Å². The third kappa shape index (κ3) is 3.97. The fraction of sp³-hybridized carbons (Fsp3) is 0.462. The summed E-state index contributed by atoms with van der Waals surface area (Å²) in [5.74, 6) is 1.32. The van der Waals surface area contributed by atoms with Crippen molar-refractivity contribution >= 4 is 0 Å². The van der Waals surface area contributed by atoms with Gasteiger partial charge in [0.15, 0.2) is 11.5 Å². The van der Waals surface area contributed by atoms with Gasteiger partial charge in [0.25, 0.3) is 0 Å². The van der Waals surface area contributed by atoms with E-state index in [0.29, 0.717) is 30.8 Å². The number of ether oxygens (including phenoxy) is 2. The van der Waals surface area contributed by atoms with Crippen molar-refractivity contribution < 1.29 is 14.6 Å². The number of aliphatic hydroxyl groups excluding tert-OH is 1. The lowest BCUT2D eigenvalue weighted by Gasteiger charge is -2.12. The summed E-state index contributed by atoms with van der Waals surface area (Å²) in [5, 5.41) is 18.1. The molecule has 17 heavy (non-hydrogen) atoms. The van der Waals surface area contributed by atoms with Gasteiger partial charge in [-0.05, 0) is 30.5 Å². The van der Waals surface area contributed by atoms with E-state index in [1.165, 1.54) is 0 Å². The van der Waals surface area contributed by atoms with Crippen LogP contribution in [0.5, 0.6) is 11.5 Å². The van der Waals surface area contributed by atoms with Gasteiger partial charge >= 0.3 is 0 Å². The topological polar surface area (TPSA) is 62.5 Å². The molecule has 1 aromatic carbocycles. The zero-order valence-corrected chi connectivity index (χ0v) is 10.1. The fourth-order valence-electron chi connectivity index (χ4n) is 1.61. The number of hydrogen-bond acceptors (Lipinski definition) is 4. The third-order valence-corrected chi connectivity index (χ3v) is 2.51. The number of nitriles is 1. The second-order valence-corrected chi connectivity index (χ2v) is 3.74. The van der Waals surface area contributed by atoms with Crippen LogP contribution in [-0.4, -0.2) is 25.4 Å². The summed E-state index contributed by atoms with van der Waals surface area (Å²) in [7, 11) is 3.16. The van der Waals surface area contributed by atoms with Crippen molar-refractivity contribution in [1.29, 1.82) is 5.26 Å². The number of hydrogen-bond donors (Lipinski definition) is 1. The van der Waals surface area contributed by atoms with Gasteiger partial charge in [0.1, 0.15) is 0 Å². The van der Waals surface area contributed by atoms with Crippen LogP contribution in [-0.2, 0) is 6.42 Å². The minimum absolute atomic E-state index is 0.370. The van der Waals surface area contributed by atoms with E-state index in [1.54, 1.807) is 14.2 Å². The zero-order chi connectivity index (χ0) is 12.7. The summed E-state index contributed by atoms with van der Waals surface area (Å²) < 4.78 is 10.3. The molecule has 0 bridgehead atoms. The molecule has 0 unspecified atom stereocenters. The molecule has 0 heterocycles. The van der Waals surface area contributed by atoms with E-state index in [9.17, 15) is 5.11 Å². The molecule has 0 aliphatic heterocycles. The lowest BCUT2D eigenvalue weighted by atomic mass is 10.0. The molecule has 1 rings (SSSR count). The average molecular weight is 235 g/mol. The molecule has 0 aliphatic carbocycles. The molecule has 1 N–H and O–H groups in total. The Kier molecular flexibility index (Phi) is 5.31. The Hall–Kier alpha value is -1.73. The number of aliphatic hydroxyl groups is 1. The van der Waals surface area contributed by atoms with Gasteiger partial charge in [0.2, 0.25) is 0 Å². The van der Waals surface area contributed by atoms with Crippen molar-refractivity contribution in [2.45, 2.75) is 25.4 Å². The van der Waals surface area contributed by atoms with Crippen LogP contribution in [0.4, 0.5) is 0 Å². The summed E-state index contributed by atoms with van der Waals surface area (Å²) in [6, 6.07) is 7.56. The van der Waals surface area contributed by atoms with Gasteiger partial charge in [-0.15, -0.1) is 0 Å². The summed E-state index contributed by atoms with van der Waals surface area (Å²) in [4.78, 5) is 0. The molecular weight excluding hydrogens is 218 g/mol. The molecule has 0 amide bonds. The number of rotatable bonds is 6. The molecule has 0 aromatic heterocycles. The van der Waals surface area contributed by atoms with Crippen LogP contribution in [0.25, 0.3) is 0 Å². The monoisotopic (exact) mass is 235 g/mol. The first-order chi connectivity index (χ1) is 8.21. The highest BCUT2D eigenvalue weighted by Crippen LogP contribution is 2.28.